The minimum absolute atomic E-state index is 0. The van der Waals surface area contributed by atoms with Gasteiger partial charge in [-0.1, -0.05) is 6.92 Å². The summed E-state index contributed by atoms with van der Waals surface area (Å²) in [5, 5.41) is 0. The summed E-state index contributed by atoms with van der Waals surface area (Å²) in [7, 11) is 0. The molecule has 1 amide bonds. The second-order valence-corrected chi connectivity index (χ2v) is 5.46. The predicted octanol–water partition coefficient (Wildman–Crippen LogP) is 2.44. The maximum absolute atomic E-state index is 12.3. The van der Waals surface area contributed by atoms with Gasteiger partial charge in [0.2, 0.25) is 5.91 Å². The lowest BCUT2D eigenvalue weighted by molar-refractivity contribution is -0.135. The molecule has 1 aliphatic rings. The Morgan fingerprint density at radius 1 is 1.38 bits per heavy atom. The van der Waals surface area contributed by atoms with Crippen molar-refractivity contribution in [2.24, 2.45) is 11.7 Å². The summed E-state index contributed by atoms with van der Waals surface area (Å²) < 4.78 is 0. The first-order chi connectivity index (χ1) is 9.20. The van der Waals surface area contributed by atoms with Gasteiger partial charge in [-0.3, -0.25) is 9.78 Å². The third kappa shape index (κ3) is 5.81. The van der Waals surface area contributed by atoms with Gasteiger partial charge in [-0.05, 0) is 42.9 Å². The number of likely N-dealkylation sites (tertiary alicyclic amines) is 1. The molecule has 1 fully saturated rings. The lowest BCUT2D eigenvalue weighted by atomic mass is 9.92. The highest BCUT2D eigenvalue weighted by Gasteiger charge is 2.28. The van der Waals surface area contributed by atoms with Crippen LogP contribution in [0.1, 0.15) is 31.7 Å². The molecule has 2 rings (SSSR count). The largest absolute Gasteiger partial charge is 0.338 e. The number of aromatic nitrogens is 1. The number of aryl methyl sites for hydroxylation is 1. The second-order valence-electron chi connectivity index (χ2n) is 5.46. The quantitative estimate of drug-likeness (QED) is 0.920. The van der Waals surface area contributed by atoms with E-state index in [1.807, 2.05) is 17.0 Å². The van der Waals surface area contributed by atoms with E-state index in [-0.39, 0.29) is 36.8 Å². The van der Waals surface area contributed by atoms with E-state index >= 15 is 0 Å². The van der Waals surface area contributed by atoms with Gasteiger partial charge in [0.15, 0.2) is 0 Å². The molecule has 0 aliphatic carbocycles. The number of hydrogen-bond donors (Lipinski definition) is 1. The maximum atomic E-state index is 12.3. The van der Waals surface area contributed by atoms with Crippen LogP contribution in [0.25, 0.3) is 0 Å². The van der Waals surface area contributed by atoms with Crippen molar-refractivity contribution < 1.29 is 4.79 Å². The summed E-state index contributed by atoms with van der Waals surface area (Å²) in [5.41, 5.74) is 6.96. The Kier molecular flexibility index (Phi) is 9.58. The summed E-state index contributed by atoms with van der Waals surface area (Å²) in [6.45, 7) is 3.67. The van der Waals surface area contributed by atoms with E-state index in [1.54, 1.807) is 12.4 Å². The molecule has 4 nitrogen and oxygen atoms in total. The fourth-order valence-electron chi connectivity index (χ4n) is 2.75. The lowest BCUT2D eigenvalue weighted by Crippen LogP contribution is -2.49. The molecule has 1 aliphatic heterocycles. The fourth-order valence-corrected chi connectivity index (χ4v) is 2.75. The summed E-state index contributed by atoms with van der Waals surface area (Å²) in [4.78, 5) is 18.3. The zero-order valence-corrected chi connectivity index (χ0v) is 14.0. The standard InChI is InChI=1S/C15H23N3O.2ClH/c1-12-6-9-18(14(10-12)11-16)15(19)3-2-13-4-7-17-8-5-13;;/h4-5,7-8,12,14H,2-3,6,9-11,16H2,1H3;2*1H. The highest BCUT2D eigenvalue weighted by atomic mass is 35.5. The molecule has 21 heavy (non-hydrogen) atoms. The van der Waals surface area contributed by atoms with E-state index in [4.69, 9.17) is 5.73 Å². The van der Waals surface area contributed by atoms with Crippen LogP contribution in [0.2, 0.25) is 0 Å². The average molecular weight is 334 g/mol. The fraction of sp³-hybridized carbons (Fsp3) is 0.600. The third-order valence-corrected chi connectivity index (χ3v) is 3.95. The van der Waals surface area contributed by atoms with Crippen molar-refractivity contribution >= 4 is 30.7 Å². The molecule has 2 heterocycles. The Morgan fingerprint density at radius 2 is 2.05 bits per heavy atom. The molecule has 1 saturated heterocycles. The van der Waals surface area contributed by atoms with Crippen molar-refractivity contribution in [1.29, 1.82) is 0 Å². The van der Waals surface area contributed by atoms with Crippen molar-refractivity contribution in [2.75, 3.05) is 13.1 Å². The number of amides is 1. The first-order valence-electron chi connectivity index (χ1n) is 7.09. The number of rotatable bonds is 4. The van der Waals surface area contributed by atoms with Gasteiger partial charge in [-0.2, -0.15) is 0 Å². The van der Waals surface area contributed by atoms with Crippen LogP contribution >= 0.6 is 24.8 Å². The summed E-state index contributed by atoms with van der Waals surface area (Å²) in [6, 6.07) is 4.16. The van der Waals surface area contributed by atoms with Gasteiger partial charge in [0, 0.05) is 37.9 Å². The highest BCUT2D eigenvalue weighted by Crippen LogP contribution is 2.22. The van der Waals surface area contributed by atoms with Gasteiger partial charge in [-0.25, -0.2) is 0 Å². The van der Waals surface area contributed by atoms with Crippen LogP contribution in [-0.4, -0.2) is 34.9 Å². The monoisotopic (exact) mass is 333 g/mol. The number of piperidine rings is 1. The maximum Gasteiger partial charge on any atom is 0.223 e. The second kappa shape index (κ2) is 9.98. The molecule has 0 saturated carbocycles. The molecule has 0 aromatic carbocycles. The number of pyridine rings is 1. The molecule has 1 aromatic rings. The molecule has 6 heteroatoms. The first kappa shape index (κ1) is 20.2. The van der Waals surface area contributed by atoms with Crippen LogP contribution in [0.3, 0.4) is 0 Å². The Bertz CT molecular complexity index is 417. The number of hydrogen-bond acceptors (Lipinski definition) is 3. The van der Waals surface area contributed by atoms with E-state index in [0.717, 1.165) is 31.4 Å². The average Bonchev–Trinajstić information content (AvgIpc) is 2.45. The first-order valence-corrected chi connectivity index (χ1v) is 7.09. The van der Waals surface area contributed by atoms with E-state index in [9.17, 15) is 4.79 Å². The zero-order valence-electron chi connectivity index (χ0n) is 12.4. The van der Waals surface area contributed by atoms with Crippen LogP contribution in [0, 0.1) is 5.92 Å². The Labute approximate surface area is 139 Å². The molecule has 0 radical (unpaired) electrons. The van der Waals surface area contributed by atoms with Gasteiger partial charge in [0.1, 0.15) is 0 Å². The molecular weight excluding hydrogens is 309 g/mol. The normalized spacial score (nSPS) is 21.1. The number of carbonyl (C=O) groups is 1. The summed E-state index contributed by atoms with van der Waals surface area (Å²) >= 11 is 0. The van der Waals surface area contributed by atoms with Gasteiger partial charge in [0.25, 0.3) is 0 Å². The minimum Gasteiger partial charge on any atom is -0.338 e. The van der Waals surface area contributed by atoms with Gasteiger partial charge in [0.05, 0.1) is 0 Å². The number of nitrogens with zero attached hydrogens (tertiary/aromatic N) is 2. The van der Waals surface area contributed by atoms with Crippen LogP contribution in [-0.2, 0) is 11.2 Å². The van der Waals surface area contributed by atoms with Crippen molar-refractivity contribution in [3.05, 3.63) is 30.1 Å². The summed E-state index contributed by atoms with van der Waals surface area (Å²) in [5.74, 6) is 0.914. The van der Waals surface area contributed by atoms with Crippen LogP contribution in [0.15, 0.2) is 24.5 Å². The highest BCUT2D eigenvalue weighted by molar-refractivity contribution is 5.85. The molecule has 2 atom stereocenters. The van der Waals surface area contributed by atoms with E-state index in [1.165, 1.54) is 0 Å². The zero-order chi connectivity index (χ0) is 13.7. The Balaban J connectivity index is 0.00000200. The summed E-state index contributed by atoms with van der Waals surface area (Å²) in [6.07, 6.45) is 7.02. The number of carbonyl (C=O) groups excluding carboxylic acids is 1. The van der Waals surface area contributed by atoms with Crippen molar-refractivity contribution in [1.82, 2.24) is 9.88 Å². The van der Waals surface area contributed by atoms with Crippen molar-refractivity contribution in [2.45, 2.75) is 38.6 Å². The van der Waals surface area contributed by atoms with Gasteiger partial charge < -0.3 is 10.6 Å². The smallest absolute Gasteiger partial charge is 0.223 e. The molecule has 120 valence electrons. The number of halogens is 2. The molecule has 2 unspecified atom stereocenters. The molecule has 0 bridgehead atoms. The predicted molar refractivity (Wildman–Crippen MR) is 90.0 cm³/mol. The van der Waals surface area contributed by atoms with Crippen LogP contribution in [0.4, 0.5) is 0 Å². The third-order valence-electron chi connectivity index (χ3n) is 3.95. The van der Waals surface area contributed by atoms with E-state index in [0.29, 0.717) is 18.9 Å². The lowest BCUT2D eigenvalue weighted by Gasteiger charge is -2.38. The SMILES string of the molecule is CC1CCN(C(=O)CCc2ccncc2)C(CN)C1.Cl.Cl. The molecule has 2 N–H and O–H groups in total. The van der Waals surface area contributed by atoms with Crippen molar-refractivity contribution in [3.63, 3.8) is 0 Å². The number of nitrogens with two attached hydrogens (primary N) is 1. The van der Waals surface area contributed by atoms with Crippen LogP contribution < -0.4 is 5.73 Å². The van der Waals surface area contributed by atoms with Gasteiger partial charge in [-0.15, -0.1) is 24.8 Å². The van der Waals surface area contributed by atoms with Crippen molar-refractivity contribution in [3.8, 4) is 0 Å². The topological polar surface area (TPSA) is 59.2 Å². The Morgan fingerprint density at radius 3 is 2.67 bits per heavy atom. The molecular formula is C15H25Cl2N3O. The Hall–Kier alpha value is -0.840. The van der Waals surface area contributed by atoms with E-state index in [2.05, 4.69) is 11.9 Å². The minimum atomic E-state index is 0. The molecule has 0 spiro atoms. The van der Waals surface area contributed by atoms with Crippen LogP contribution in [0.5, 0.6) is 0 Å². The van der Waals surface area contributed by atoms with E-state index < -0.39 is 0 Å². The van der Waals surface area contributed by atoms with Gasteiger partial charge >= 0.3 is 0 Å². The molecule has 1 aromatic heterocycles.